The molecule has 0 N–H and O–H groups in total. The van der Waals surface area contributed by atoms with Crippen LogP contribution in [-0.2, 0) is 0 Å². The number of hydrogen-bond acceptors (Lipinski definition) is 0. The Morgan fingerprint density at radius 3 is 1.85 bits per heavy atom. The maximum absolute atomic E-state index is 13.2. The van der Waals surface area contributed by atoms with E-state index in [-0.39, 0.29) is 18.3 Å². The molecule has 2 heteroatoms. The van der Waals surface area contributed by atoms with E-state index in [0.29, 0.717) is 0 Å². The summed E-state index contributed by atoms with van der Waals surface area (Å²) >= 11 is 0. The monoisotopic (exact) mass is 192 g/mol. The smallest absolute Gasteiger partial charge is 0.207 e. The van der Waals surface area contributed by atoms with E-state index in [1.807, 2.05) is 13.8 Å². The molecule has 0 heterocycles. The SMILES string of the molecule is CCCC(C)(CC)CC(F)(F)CC. The highest BCUT2D eigenvalue weighted by Gasteiger charge is 2.35. The molecule has 0 aromatic rings. The zero-order valence-electron chi connectivity index (χ0n) is 9.29. The lowest BCUT2D eigenvalue weighted by molar-refractivity contribution is -0.0490. The number of rotatable bonds is 6. The second-order valence-corrected chi connectivity index (χ2v) is 4.30. The summed E-state index contributed by atoms with van der Waals surface area (Å²) < 4.78 is 26.3. The second kappa shape index (κ2) is 4.92. The van der Waals surface area contributed by atoms with Gasteiger partial charge < -0.3 is 0 Å². The Hall–Kier alpha value is -0.140. The minimum atomic E-state index is -2.47. The van der Waals surface area contributed by atoms with Crippen LogP contribution >= 0.6 is 0 Å². The summed E-state index contributed by atoms with van der Waals surface area (Å²) in [6.45, 7) is 7.58. The molecule has 0 rings (SSSR count). The van der Waals surface area contributed by atoms with Gasteiger partial charge in [-0.3, -0.25) is 0 Å². The van der Waals surface area contributed by atoms with Crippen LogP contribution in [0.4, 0.5) is 8.78 Å². The Bertz CT molecular complexity index is 143. The Morgan fingerprint density at radius 2 is 1.54 bits per heavy atom. The molecular weight excluding hydrogens is 170 g/mol. The van der Waals surface area contributed by atoms with Crippen LogP contribution in [-0.4, -0.2) is 5.92 Å². The first-order chi connectivity index (χ1) is 5.89. The zero-order valence-corrected chi connectivity index (χ0v) is 9.29. The van der Waals surface area contributed by atoms with Crippen molar-refractivity contribution in [3.63, 3.8) is 0 Å². The van der Waals surface area contributed by atoms with Gasteiger partial charge in [0.15, 0.2) is 0 Å². The molecule has 0 aromatic carbocycles. The summed E-state index contributed by atoms with van der Waals surface area (Å²) in [5.74, 6) is -2.47. The maximum atomic E-state index is 13.2. The van der Waals surface area contributed by atoms with Gasteiger partial charge in [-0.2, -0.15) is 0 Å². The fraction of sp³-hybridized carbons (Fsp3) is 1.00. The third-order valence-corrected chi connectivity index (χ3v) is 2.91. The summed E-state index contributed by atoms with van der Waals surface area (Å²) in [6.07, 6.45) is 2.74. The largest absolute Gasteiger partial charge is 0.248 e. The molecular formula is C11H22F2. The van der Waals surface area contributed by atoms with Crippen molar-refractivity contribution in [2.45, 2.75) is 65.7 Å². The lowest BCUT2D eigenvalue weighted by Gasteiger charge is -2.31. The molecule has 0 spiro atoms. The van der Waals surface area contributed by atoms with Crippen molar-refractivity contribution in [1.29, 1.82) is 0 Å². The lowest BCUT2D eigenvalue weighted by Crippen LogP contribution is -2.27. The Morgan fingerprint density at radius 1 is 1.00 bits per heavy atom. The molecule has 0 aromatic heterocycles. The zero-order chi connectivity index (χ0) is 10.5. The van der Waals surface area contributed by atoms with E-state index >= 15 is 0 Å². The first kappa shape index (κ1) is 12.9. The highest BCUT2D eigenvalue weighted by atomic mass is 19.3. The van der Waals surface area contributed by atoms with Gasteiger partial charge in [0.1, 0.15) is 0 Å². The van der Waals surface area contributed by atoms with E-state index in [1.54, 1.807) is 6.92 Å². The summed E-state index contributed by atoms with van der Waals surface area (Å²) in [5.41, 5.74) is -0.172. The highest BCUT2D eigenvalue weighted by molar-refractivity contribution is 4.79. The van der Waals surface area contributed by atoms with Gasteiger partial charge in [0.25, 0.3) is 0 Å². The van der Waals surface area contributed by atoms with Gasteiger partial charge in [-0.25, -0.2) is 8.78 Å². The van der Waals surface area contributed by atoms with Crippen molar-refractivity contribution < 1.29 is 8.78 Å². The van der Waals surface area contributed by atoms with Crippen LogP contribution in [0.5, 0.6) is 0 Å². The number of hydrogen-bond donors (Lipinski definition) is 0. The van der Waals surface area contributed by atoms with Crippen molar-refractivity contribution in [1.82, 2.24) is 0 Å². The van der Waals surface area contributed by atoms with E-state index in [4.69, 9.17) is 0 Å². The number of halogens is 2. The van der Waals surface area contributed by atoms with E-state index in [9.17, 15) is 8.78 Å². The van der Waals surface area contributed by atoms with Crippen molar-refractivity contribution in [3.8, 4) is 0 Å². The van der Waals surface area contributed by atoms with Crippen LogP contribution in [0, 0.1) is 5.41 Å². The molecule has 0 aliphatic heterocycles. The molecule has 0 amide bonds. The van der Waals surface area contributed by atoms with Crippen molar-refractivity contribution in [2.75, 3.05) is 0 Å². The molecule has 0 nitrogen and oxygen atoms in total. The third kappa shape index (κ3) is 4.58. The summed E-state index contributed by atoms with van der Waals surface area (Å²) in [4.78, 5) is 0. The average molecular weight is 192 g/mol. The molecule has 13 heavy (non-hydrogen) atoms. The van der Waals surface area contributed by atoms with Crippen molar-refractivity contribution >= 4 is 0 Å². The predicted molar refractivity (Wildman–Crippen MR) is 53.2 cm³/mol. The lowest BCUT2D eigenvalue weighted by atomic mass is 9.77. The van der Waals surface area contributed by atoms with Gasteiger partial charge in [0.2, 0.25) is 5.92 Å². The summed E-state index contributed by atoms with van der Waals surface area (Å²) in [7, 11) is 0. The highest BCUT2D eigenvalue weighted by Crippen LogP contribution is 2.39. The molecule has 1 unspecified atom stereocenters. The van der Waals surface area contributed by atoms with Crippen molar-refractivity contribution in [3.05, 3.63) is 0 Å². The first-order valence-corrected chi connectivity index (χ1v) is 5.27. The minimum absolute atomic E-state index is 0.0354. The van der Waals surface area contributed by atoms with Gasteiger partial charge in [0, 0.05) is 12.8 Å². The maximum Gasteiger partial charge on any atom is 0.248 e. The normalized spacial score (nSPS) is 17.1. The molecule has 0 fully saturated rings. The third-order valence-electron chi connectivity index (χ3n) is 2.91. The topological polar surface area (TPSA) is 0 Å². The standard InChI is InChI=1S/C11H22F2/c1-5-8-10(4,6-2)9-11(12,13)7-3/h5-9H2,1-4H3. The van der Waals surface area contributed by atoms with Gasteiger partial charge in [0.05, 0.1) is 0 Å². The van der Waals surface area contributed by atoms with Crippen molar-refractivity contribution in [2.24, 2.45) is 5.41 Å². The minimum Gasteiger partial charge on any atom is -0.207 e. The van der Waals surface area contributed by atoms with E-state index < -0.39 is 5.92 Å². The van der Waals surface area contributed by atoms with Crippen LogP contribution in [0.25, 0.3) is 0 Å². The molecule has 0 aliphatic carbocycles. The summed E-state index contributed by atoms with van der Waals surface area (Å²) in [5, 5.41) is 0. The van der Waals surface area contributed by atoms with Gasteiger partial charge >= 0.3 is 0 Å². The second-order valence-electron chi connectivity index (χ2n) is 4.30. The average Bonchev–Trinajstić information content (AvgIpc) is 2.04. The van der Waals surface area contributed by atoms with Gasteiger partial charge in [-0.15, -0.1) is 0 Å². The molecule has 0 radical (unpaired) electrons. The van der Waals surface area contributed by atoms with Crippen LogP contribution in [0.1, 0.15) is 59.8 Å². The molecule has 1 atom stereocenters. The first-order valence-electron chi connectivity index (χ1n) is 5.27. The molecule has 0 aliphatic rings. The Labute approximate surface area is 80.7 Å². The van der Waals surface area contributed by atoms with Gasteiger partial charge in [-0.1, -0.05) is 40.5 Å². The van der Waals surface area contributed by atoms with E-state index in [0.717, 1.165) is 19.3 Å². The quantitative estimate of drug-likeness (QED) is 0.575. The van der Waals surface area contributed by atoms with Crippen LogP contribution in [0.15, 0.2) is 0 Å². The molecule has 0 bridgehead atoms. The fourth-order valence-electron chi connectivity index (χ4n) is 1.74. The molecule has 0 saturated heterocycles. The fourth-order valence-corrected chi connectivity index (χ4v) is 1.74. The van der Waals surface area contributed by atoms with E-state index in [1.165, 1.54) is 0 Å². The molecule has 0 saturated carbocycles. The van der Waals surface area contributed by atoms with Gasteiger partial charge in [-0.05, 0) is 11.8 Å². The Balaban J connectivity index is 4.25. The number of alkyl halides is 2. The van der Waals surface area contributed by atoms with E-state index in [2.05, 4.69) is 6.92 Å². The van der Waals surface area contributed by atoms with Crippen LogP contribution in [0.2, 0.25) is 0 Å². The predicted octanol–water partition coefficient (Wildman–Crippen LogP) is 4.64. The van der Waals surface area contributed by atoms with Crippen LogP contribution in [0.3, 0.4) is 0 Å². The Kier molecular flexibility index (Phi) is 4.87. The summed E-state index contributed by atoms with van der Waals surface area (Å²) in [6, 6.07) is 0. The van der Waals surface area contributed by atoms with Crippen LogP contribution < -0.4 is 0 Å². The molecule has 80 valence electrons.